The first-order valence-electron chi connectivity index (χ1n) is 6.05. The minimum Gasteiger partial charge on any atom is -0.276 e. The number of hydrogen-bond donors (Lipinski definition) is 2. The number of hydrogen-bond acceptors (Lipinski definition) is 4. The van der Waals surface area contributed by atoms with Crippen molar-refractivity contribution in [1.82, 2.24) is 20.2 Å². The summed E-state index contributed by atoms with van der Waals surface area (Å²) in [4.78, 5) is 4.10. The SMILES string of the molecule is Cc1cnccc1C(CCc1cnn(C)c1)NN. The van der Waals surface area contributed by atoms with E-state index in [1.54, 1.807) is 6.20 Å². The standard InChI is InChI=1S/C13H19N5/c1-10-7-15-6-5-12(10)13(17-14)4-3-11-8-16-18(2)9-11/h5-9,13,17H,3-4,14H2,1-2H3. The number of rotatable bonds is 5. The molecule has 1 atom stereocenters. The fourth-order valence-electron chi connectivity index (χ4n) is 2.12. The van der Waals surface area contributed by atoms with Gasteiger partial charge in [0.25, 0.3) is 0 Å². The lowest BCUT2D eigenvalue weighted by Gasteiger charge is -2.17. The molecule has 96 valence electrons. The van der Waals surface area contributed by atoms with E-state index < -0.39 is 0 Å². The Kier molecular flexibility index (Phi) is 4.07. The van der Waals surface area contributed by atoms with E-state index in [0.717, 1.165) is 18.4 Å². The molecule has 18 heavy (non-hydrogen) atoms. The Hall–Kier alpha value is -1.72. The molecule has 0 saturated carbocycles. The molecule has 2 heterocycles. The van der Waals surface area contributed by atoms with Gasteiger partial charge in [0.2, 0.25) is 0 Å². The van der Waals surface area contributed by atoms with Crippen LogP contribution in [0.3, 0.4) is 0 Å². The van der Waals surface area contributed by atoms with E-state index in [4.69, 9.17) is 5.84 Å². The maximum Gasteiger partial charge on any atom is 0.0521 e. The van der Waals surface area contributed by atoms with E-state index in [9.17, 15) is 0 Å². The van der Waals surface area contributed by atoms with Gasteiger partial charge in [-0.1, -0.05) is 0 Å². The van der Waals surface area contributed by atoms with Gasteiger partial charge < -0.3 is 0 Å². The number of pyridine rings is 1. The molecule has 2 rings (SSSR count). The van der Waals surface area contributed by atoms with Gasteiger partial charge in [-0.2, -0.15) is 5.10 Å². The molecule has 0 aromatic carbocycles. The summed E-state index contributed by atoms with van der Waals surface area (Å²) in [5.41, 5.74) is 6.47. The number of aromatic nitrogens is 3. The lowest BCUT2D eigenvalue weighted by atomic mass is 9.98. The van der Waals surface area contributed by atoms with Gasteiger partial charge in [-0.05, 0) is 42.5 Å². The fraction of sp³-hybridized carbons (Fsp3) is 0.385. The Morgan fingerprint density at radius 1 is 1.44 bits per heavy atom. The molecule has 0 saturated heterocycles. The van der Waals surface area contributed by atoms with Crippen molar-refractivity contribution in [2.24, 2.45) is 12.9 Å². The van der Waals surface area contributed by atoms with Crippen LogP contribution in [-0.2, 0) is 13.5 Å². The summed E-state index contributed by atoms with van der Waals surface area (Å²) < 4.78 is 1.82. The smallest absolute Gasteiger partial charge is 0.0521 e. The fourth-order valence-corrected chi connectivity index (χ4v) is 2.12. The van der Waals surface area contributed by atoms with Crippen LogP contribution in [0.25, 0.3) is 0 Å². The normalized spacial score (nSPS) is 12.6. The Bertz CT molecular complexity index is 506. The summed E-state index contributed by atoms with van der Waals surface area (Å²) in [6.45, 7) is 2.05. The topological polar surface area (TPSA) is 68.8 Å². The molecule has 5 nitrogen and oxygen atoms in total. The quantitative estimate of drug-likeness (QED) is 0.614. The highest BCUT2D eigenvalue weighted by atomic mass is 15.2. The Labute approximate surface area is 107 Å². The zero-order chi connectivity index (χ0) is 13.0. The van der Waals surface area contributed by atoms with Crippen LogP contribution in [0.15, 0.2) is 30.9 Å². The van der Waals surface area contributed by atoms with Crippen molar-refractivity contribution >= 4 is 0 Å². The molecule has 0 spiro atoms. The van der Waals surface area contributed by atoms with Crippen LogP contribution in [0.2, 0.25) is 0 Å². The van der Waals surface area contributed by atoms with Crippen molar-refractivity contribution in [1.29, 1.82) is 0 Å². The molecule has 5 heteroatoms. The maximum absolute atomic E-state index is 5.65. The number of aryl methyl sites for hydroxylation is 3. The average Bonchev–Trinajstić information content (AvgIpc) is 2.78. The van der Waals surface area contributed by atoms with Crippen LogP contribution in [0.1, 0.15) is 29.2 Å². The molecule has 0 aliphatic carbocycles. The highest BCUT2D eigenvalue weighted by molar-refractivity contribution is 5.25. The molecule has 2 aromatic heterocycles. The molecule has 0 aliphatic heterocycles. The summed E-state index contributed by atoms with van der Waals surface area (Å²) in [7, 11) is 1.93. The highest BCUT2D eigenvalue weighted by Crippen LogP contribution is 2.20. The van der Waals surface area contributed by atoms with Gasteiger partial charge in [0.1, 0.15) is 0 Å². The van der Waals surface area contributed by atoms with Gasteiger partial charge in [0.15, 0.2) is 0 Å². The van der Waals surface area contributed by atoms with E-state index in [1.807, 2.05) is 36.4 Å². The molecule has 0 bridgehead atoms. The molecule has 1 unspecified atom stereocenters. The van der Waals surface area contributed by atoms with E-state index in [2.05, 4.69) is 22.4 Å². The first-order chi connectivity index (χ1) is 8.70. The first kappa shape index (κ1) is 12.7. The number of nitrogens with zero attached hydrogens (tertiary/aromatic N) is 3. The van der Waals surface area contributed by atoms with Crippen LogP contribution in [0.5, 0.6) is 0 Å². The van der Waals surface area contributed by atoms with Gasteiger partial charge in [0.05, 0.1) is 6.20 Å². The third-order valence-electron chi connectivity index (χ3n) is 3.12. The highest BCUT2D eigenvalue weighted by Gasteiger charge is 2.12. The van der Waals surface area contributed by atoms with Crippen LogP contribution < -0.4 is 11.3 Å². The summed E-state index contributed by atoms with van der Waals surface area (Å²) in [5.74, 6) is 5.65. The van der Waals surface area contributed by atoms with Crippen molar-refractivity contribution in [3.63, 3.8) is 0 Å². The molecule has 2 aromatic rings. The maximum atomic E-state index is 5.65. The van der Waals surface area contributed by atoms with Gasteiger partial charge >= 0.3 is 0 Å². The zero-order valence-electron chi connectivity index (χ0n) is 10.8. The van der Waals surface area contributed by atoms with E-state index >= 15 is 0 Å². The lowest BCUT2D eigenvalue weighted by Crippen LogP contribution is -2.29. The van der Waals surface area contributed by atoms with E-state index in [-0.39, 0.29) is 6.04 Å². The minimum atomic E-state index is 0.146. The molecular weight excluding hydrogens is 226 g/mol. The second-order valence-electron chi connectivity index (χ2n) is 4.51. The molecule has 0 amide bonds. The Morgan fingerprint density at radius 2 is 2.28 bits per heavy atom. The van der Waals surface area contributed by atoms with Gasteiger partial charge in [0, 0.05) is 31.7 Å². The van der Waals surface area contributed by atoms with Crippen molar-refractivity contribution < 1.29 is 0 Å². The van der Waals surface area contributed by atoms with E-state index in [1.165, 1.54) is 11.1 Å². The van der Waals surface area contributed by atoms with Crippen molar-refractivity contribution in [2.75, 3.05) is 0 Å². The second-order valence-corrected chi connectivity index (χ2v) is 4.51. The largest absolute Gasteiger partial charge is 0.276 e. The third kappa shape index (κ3) is 2.94. The number of nitrogens with one attached hydrogen (secondary N) is 1. The molecular formula is C13H19N5. The predicted octanol–water partition coefficient (Wildman–Crippen LogP) is 1.26. The zero-order valence-corrected chi connectivity index (χ0v) is 10.8. The second kappa shape index (κ2) is 5.75. The Morgan fingerprint density at radius 3 is 2.89 bits per heavy atom. The summed E-state index contributed by atoms with van der Waals surface area (Å²) in [6.07, 6.45) is 9.48. The van der Waals surface area contributed by atoms with Gasteiger partial charge in [-0.15, -0.1) is 0 Å². The summed E-state index contributed by atoms with van der Waals surface area (Å²) in [6, 6.07) is 2.16. The van der Waals surface area contributed by atoms with Crippen molar-refractivity contribution in [3.05, 3.63) is 47.5 Å². The average molecular weight is 245 g/mol. The lowest BCUT2D eigenvalue weighted by molar-refractivity contribution is 0.513. The predicted molar refractivity (Wildman–Crippen MR) is 70.6 cm³/mol. The first-order valence-corrected chi connectivity index (χ1v) is 6.05. The van der Waals surface area contributed by atoms with Gasteiger partial charge in [-0.3, -0.25) is 20.9 Å². The van der Waals surface area contributed by atoms with Crippen molar-refractivity contribution in [2.45, 2.75) is 25.8 Å². The molecule has 0 aliphatic rings. The number of nitrogens with two attached hydrogens (primary N) is 1. The third-order valence-corrected chi connectivity index (χ3v) is 3.12. The van der Waals surface area contributed by atoms with E-state index in [0.29, 0.717) is 0 Å². The summed E-state index contributed by atoms with van der Waals surface area (Å²) >= 11 is 0. The van der Waals surface area contributed by atoms with Crippen LogP contribution >= 0.6 is 0 Å². The number of hydrazine groups is 1. The molecule has 3 N–H and O–H groups in total. The summed E-state index contributed by atoms with van der Waals surface area (Å²) in [5, 5.41) is 4.17. The van der Waals surface area contributed by atoms with Crippen LogP contribution in [-0.4, -0.2) is 14.8 Å². The molecule has 0 fully saturated rings. The van der Waals surface area contributed by atoms with Crippen molar-refractivity contribution in [3.8, 4) is 0 Å². The molecule has 0 radical (unpaired) electrons. The van der Waals surface area contributed by atoms with Crippen LogP contribution in [0, 0.1) is 6.92 Å². The van der Waals surface area contributed by atoms with Gasteiger partial charge in [-0.25, -0.2) is 0 Å². The monoisotopic (exact) mass is 245 g/mol. The minimum absolute atomic E-state index is 0.146. The Balaban J connectivity index is 2.04. The van der Waals surface area contributed by atoms with Crippen LogP contribution in [0.4, 0.5) is 0 Å².